The molecule has 0 aliphatic carbocycles. The summed E-state index contributed by atoms with van der Waals surface area (Å²) in [6, 6.07) is 0. The van der Waals surface area contributed by atoms with Gasteiger partial charge >= 0.3 is 0 Å². The summed E-state index contributed by atoms with van der Waals surface area (Å²) >= 11 is 4.33. The van der Waals surface area contributed by atoms with Crippen LogP contribution in [-0.2, 0) is 0 Å². The van der Waals surface area contributed by atoms with E-state index in [0.717, 1.165) is 18.8 Å². The van der Waals surface area contributed by atoms with Crippen molar-refractivity contribution in [2.45, 2.75) is 26.3 Å². The van der Waals surface area contributed by atoms with Gasteiger partial charge in [-0.15, -0.1) is 0 Å². The van der Waals surface area contributed by atoms with Gasteiger partial charge in [0.25, 0.3) is 0 Å². The molecule has 1 aliphatic heterocycles. The van der Waals surface area contributed by atoms with E-state index in [1.807, 2.05) is 0 Å². The molecule has 1 unspecified atom stereocenters. The molecule has 0 bridgehead atoms. The second-order valence-electron chi connectivity index (χ2n) is 4.72. The zero-order valence-corrected chi connectivity index (χ0v) is 9.90. The Morgan fingerprint density at radius 3 is 2.77 bits per heavy atom. The predicted octanol–water partition coefficient (Wildman–Crippen LogP) is 1.24. The quantitative estimate of drug-likeness (QED) is 0.669. The van der Waals surface area contributed by atoms with Gasteiger partial charge in [-0.05, 0) is 25.5 Å². The molecule has 1 N–H and O–H groups in total. The second-order valence-corrected chi connectivity index (χ2v) is 5.09. The van der Waals surface area contributed by atoms with Crippen molar-refractivity contribution in [1.29, 1.82) is 0 Å². The molecule has 1 saturated heterocycles. The van der Waals surface area contributed by atoms with Crippen molar-refractivity contribution in [3.8, 4) is 0 Å². The SMILES string of the molecule is CC(CS)CN1CCNCC1(C)C. The lowest BCUT2D eigenvalue weighted by molar-refractivity contribution is 0.0787. The largest absolute Gasteiger partial charge is 0.314 e. The highest BCUT2D eigenvalue weighted by Gasteiger charge is 2.29. The van der Waals surface area contributed by atoms with Crippen LogP contribution in [0.4, 0.5) is 0 Å². The summed E-state index contributed by atoms with van der Waals surface area (Å²) in [6.07, 6.45) is 0. The van der Waals surface area contributed by atoms with Crippen molar-refractivity contribution in [3.63, 3.8) is 0 Å². The molecular formula is C10H22N2S. The zero-order valence-electron chi connectivity index (χ0n) is 9.01. The molecule has 1 aliphatic rings. The molecule has 3 heteroatoms. The lowest BCUT2D eigenvalue weighted by Gasteiger charge is -2.43. The fourth-order valence-corrected chi connectivity index (χ4v) is 1.91. The Morgan fingerprint density at radius 2 is 2.23 bits per heavy atom. The van der Waals surface area contributed by atoms with Gasteiger partial charge in [-0.3, -0.25) is 4.90 Å². The van der Waals surface area contributed by atoms with E-state index in [4.69, 9.17) is 0 Å². The molecule has 0 amide bonds. The van der Waals surface area contributed by atoms with Crippen LogP contribution < -0.4 is 5.32 Å². The number of rotatable bonds is 3. The first-order chi connectivity index (χ1) is 6.06. The third-order valence-electron chi connectivity index (χ3n) is 2.82. The van der Waals surface area contributed by atoms with Crippen LogP contribution in [0.5, 0.6) is 0 Å². The minimum atomic E-state index is 0.315. The zero-order chi connectivity index (χ0) is 9.90. The van der Waals surface area contributed by atoms with Gasteiger partial charge in [-0.1, -0.05) is 6.92 Å². The van der Waals surface area contributed by atoms with Crippen molar-refractivity contribution < 1.29 is 0 Å². The summed E-state index contributed by atoms with van der Waals surface area (Å²) < 4.78 is 0. The maximum atomic E-state index is 4.33. The monoisotopic (exact) mass is 202 g/mol. The molecule has 0 saturated carbocycles. The Kier molecular flexibility index (Phi) is 4.07. The number of nitrogens with zero attached hydrogens (tertiary/aromatic N) is 1. The number of hydrogen-bond donors (Lipinski definition) is 2. The van der Waals surface area contributed by atoms with Crippen molar-refractivity contribution in [3.05, 3.63) is 0 Å². The summed E-state index contributed by atoms with van der Waals surface area (Å²) in [5.74, 6) is 1.68. The van der Waals surface area contributed by atoms with Crippen molar-refractivity contribution in [2.24, 2.45) is 5.92 Å². The van der Waals surface area contributed by atoms with Crippen molar-refractivity contribution in [1.82, 2.24) is 10.2 Å². The van der Waals surface area contributed by atoms with Gasteiger partial charge in [0.15, 0.2) is 0 Å². The second kappa shape index (κ2) is 4.67. The van der Waals surface area contributed by atoms with E-state index in [0.29, 0.717) is 11.5 Å². The van der Waals surface area contributed by atoms with E-state index in [-0.39, 0.29) is 0 Å². The summed E-state index contributed by atoms with van der Waals surface area (Å²) in [5, 5.41) is 3.44. The summed E-state index contributed by atoms with van der Waals surface area (Å²) in [6.45, 7) is 11.5. The highest BCUT2D eigenvalue weighted by Crippen LogP contribution is 2.17. The van der Waals surface area contributed by atoms with E-state index in [1.165, 1.54) is 13.1 Å². The van der Waals surface area contributed by atoms with Crippen molar-refractivity contribution in [2.75, 3.05) is 31.9 Å². The molecule has 0 aromatic rings. The van der Waals surface area contributed by atoms with Crippen LogP contribution in [0, 0.1) is 5.92 Å². The molecule has 0 spiro atoms. The Morgan fingerprint density at radius 1 is 1.54 bits per heavy atom. The molecule has 1 heterocycles. The number of hydrogen-bond acceptors (Lipinski definition) is 3. The van der Waals surface area contributed by atoms with Gasteiger partial charge in [0.05, 0.1) is 0 Å². The number of piperazine rings is 1. The van der Waals surface area contributed by atoms with Crippen LogP contribution in [0.15, 0.2) is 0 Å². The first-order valence-corrected chi connectivity index (χ1v) is 5.76. The Hall–Kier alpha value is 0.270. The van der Waals surface area contributed by atoms with Crippen LogP contribution in [-0.4, -0.2) is 42.4 Å². The molecule has 1 fully saturated rings. The smallest absolute Gasteiger partial charge is 0.0278 e. The molecule has 78 valence electrons. The summed E-state index contributed by atoms with van der Waals surface area (Å²) in [5.41, 5.74) is 0.315. The normalized spacial score (nSPS) is 25.8. The minimum absolute atomic E-state index is 0.315. The van der Waals surface area contributed by atoms with E-state index in [9.17, 15) is 0 Å². The fourth-order valence-electron chi connectivity index (χ4n) is 1.80. The first-order valence-electron chi connectivity index (χ1n) is 5.13. The highest BCUT2D eigenvalue weighted by atomic mass is 32.1. The van der Waals surface area contributed by atoms with Crippen LogP contribution in [0.2, 0.25) is 0 Å². The Balaban J connectivity index is 2.46. The molecular weight excluding hydrogens is 180 g/mol. The molecule has 0 radical (unpaired) electrons. The molecule has 0 aromatic carbocycles. The average molecular weight is 202 g/mol. The van der Waals surface area contributed by atoms with Gasteiger partial charge in [-0.25, -0.2) is 0 Å². The average Bonchev–Trinajstić information content (AvgIpc) is 2.08. The van der Waals surface area contributed by atoms with Gasteiger partial charge in [0, 0.05) is 31.7 Å². The van der Waals surface area contributed by atoms with Crippen molar-refractivity contribution >= 4 is 12.6 Å². The van der Waals surface area contributed by atoms with E-state index < -0.39 is 0 Å². The molecule has 13 heavy (non-hydrogen) atoms. The third-order valence-corrected chi connectivity index (χ3v) is 3.44. The van der Waals surface area contributed by atoms with Gasteiger partial charge in [0.2, 0.25) is 0 Å². The third kappa shape index (κ3) is 3.15. The molecule has 0 aromatic heterocycles. The van der Waals surface area contributed by atoms with Crippen LogP contribution in [0.25, 0.3) is 0 Å². The minimum Gasteiger partial charge on any atom is -0.314 e. The summed E-state index contributed by atoms with van der Waals surface area (Å²) in [7, 11) is 0. The van der Waals surface area contributed by atoms with E-state index >= 15 is 0 Å². The van der Waals surface area contributed by atoms with Crippen LogP contribution >= 0.6 is 12.6 Å². The maximum Gasteiger partial charge on any atom is 0.0278 e. The number of nitrogens with one attached hydrogen (secondary N) is 1. The Labute approximate surface area is 87.5 Å². The van der Waals surface area contributed by atoms with Gasteiger partial charge in [0.1, 0.15) is 0 Å². The van der Waals surface area contributed by atoms with E-state index in [1.54, 1.807) is 0 Å². The fraction of sp³-hybridized carbons (Fsp3) is 1.00. The standard InChI is InChI=1S/C10H22N2S/c1-9(7-13)6-12-5-4-11-8-10(12,2)3/h9,11,13H,4-8H2,1-3H3. The van der Waals surface area contributed by atoms with Gasteiger partial charge < -0.3 is 5.32 Å². The predicted molar refractivity (Wildman–Crippen MR) is 61.5 cm³/mol. The molecule has 1 rings (SSSR count). The van der Waals surface area contributed by atoms with Gasteiger partial charge in [-0.2, -0.15) is 12.6 Å². The molecule has 1 atom stereocenters. The lowest BCUT2D eigenvalue weighted by atomic mass is 9.98. The number of thiol groups is 1. The van der Waals surface area contributed by atoms with E-state index in [2.05, 4.69) is 43.6 Å². The molecule has 2 nitrogen and oxygen atoms in total. The Bertz CT molecular complexity index is 159. The highest BCUT2D eigenvalue weighted by molar-refractivity contribution is 7.80. The summed E-state index contributed by atoms with van der Waals surface area (Å²) in [4.78, 5) is 2.57. The van der Waals surface area contributed by atoms with Crippen LogP contribution in [0.3, 0.4) is 0 Å². The first kappa shape index (κ1) is 11.3. The topological polar surface area (TPSA) is 15.3 Å². The van der Waals surface area contributed by atoms with Crippen LogP contribution in [0.1, 0.15) is 20.8 Å². The lowest BCUT2D eigenvalue weighted by Crippen LogP contribution is -2.58. The maximum absolute atomic E-state index is 4.33.